The lowest BCUT2D eigenvalue weighted by Crippen LogP contribution is -2.41. The van der Waals surface area contributed by atoms with Gasteiger partial charge in [-0.1, -0.05) is 30.3 Å². The van der Waals surface area contributed by atoms with Crippen LogP contribution in [0.25, 0.3) is 0 Å². The topological polar surface area (TPSA) is 67.1 Å². The molecule has 0 amide bonds. The maximum atomic E-state index is 4.77. The Balaban J connectivity index is 0.00000300. The fourth-order valence-corrected chi connectivity index (χ4v) is 3.66. The molecule has 2 aromatic rings. The molecule has 1 fully saturated rings. The molecule has 6 nitrogen and oxygen atoms in total. The Kier molecular flexibility index (Phi) is 9.74. The van der Waals surface area contributed by atoms with Gasteiger partial charge >= 0.3 is 0 Å². The van der Waals surface area contributed by atoms with Crippen molar-refractivity contribution in [2.45, 2.75) is 39.2 Å². The minimum Gasteiger partial charge on any atom is -0.356 e. The average Bonchev–Trinajstić information content (AvgIpc) is 3.40. The number of benzene rings is 1. The van der Waals surface area contributed by atoms with Gasteiger partial charge in [0, 0.05) is 20.1 Å². The first-order valence-electron chi connectivity index (χ1n) is 10.0. The molecule has 0 spiro atoms. The van der Waals surface area contributed by atoms with E-state index in [0.717, 1.165) is 49.3 Å². The summed E-state index contributed by atoms with van der Waals surface area (Å²) >= 11 is 1.88. The Morgan fingerprint density at radius 3 is 2.59 bits per heavy atom. The molecule has 1 heterocycles. The predicted molar refractivity (Wildman–Crippen MR) is 133 cm³/mol. The van der Waals surface area contributed by atoms with Crippen LogP contribution in [0.4, 0.5) is 0 Å². The van der Waals surface area contributed by atoms with E-state index in [1.54, 1.807) is 0 Å². The molecule has 1 aliphatic carbocycles. The van der Waals surface area contributed by atoms with Crippen LogP contribution in [0, 0.1) is 12.3 Å². The molecule has 3 rings (SSSR count). The summed E-state index contributed by atoms with van der Waals surface area (Å²) in [7, 11) is 1.98. The molecule has 160 valence electrons. The number of hydrogen-bond acceptors (Lipinski definition) is 4. The fourth-order valence-electron chi connectivity index (χ4n) is 3.23. The second kappa shape index (κ2) is 11.8. The molecule has 0 unspecified atom stereocenters. The number of rotatable bonds is 10. The van der Waals surface area contributed by atoms with Crippen molar-refractivity contribution in [2.24, 2.45) is 17.5 Å². The number of guanidine groups is 1. The summed E-state index contributed by atoms with van der Waals surface area (Å²) in [5, 5.41) is 15.4. The van der Waals surface area contributed by atoms with Gasteiger partial charge in [0.05, 0.1) is 0 Å². The third-order valence-corrected chi connectivity index (χ3v) is 6.09. The molecule has 1 aromatic carbocycles. The molecule has 0 atom stereocenters. The number of aryl methyl sites for hydroxylation is 1. The summed E-state index contributed by atoms with van der Waals surface area (Å²) < 4.78 is 1.99. The lowest BCUT2D eigenvalue weighted by molar-refractivity contribution is 0.491. The zero-order valence-electron chi connectivity index (χ0n) is 17.6. The average molecular weight is 529 g/mol. The maximum absolute atomic E-state index is 4.77. The summed E-state index contributed by atoms with van der Waals surface area (Å²) in [5.74, 6) is 3.82. The number of aliphatic imine (C=N–C) groups is 1. The van der Waals surface area contributed by atoms with Gasteiger partial charge in [0.15, 0.2) is 11.8 Å². The Labute approximate surface area is 195 Å². The zero-order chi connectivity index (χ0) is 19.8. The lowest BCUT2D eigenvalue weighted by Gasteiger charge is -2.19. The van der Waals surface area contributed by atoms with E-state index in [9.17, 15) is 0 Å². The van der Waals surface area contributed by atoms with E-state index in [4.69, 9.17) is 4.99 Å². The Morgan fingerprint density at radius 1 is 1.21 bits per heavy atom. The monoisotopic (exact) mass is 528 g/mol. The van der Waals surface area contributed by atoms with E-state index in [2.05, 4.69) is 57.4 Å². The van der Waals surface area contributed by atoms with E-state index in [1.165, 1.54) is 18.4 Å². The van der Waals surface area contributed by atoms with Crippen molar-refractivity contribution in [3.8, 4) is 0 Å². The van der Waals surface area contributed by atoms with Crippen LogP contribution in [0.1, 0.15) is 36.5 Å². The zero-order valence-corrected chi connectivity index (χ0v) is 20.8. The summed E-state index contributed by atoms with van der Waals surface area (Å²) in [6.45, 7) is 4.37. The van der Waals surface area contributed by atoms with Crippen LogP contribution in [0.3, 0.4) is 0 Å². The van der Waals surface area contributed by atoms with Crippen molar-refractivity contribution in [1.82, 2.24) is 25.4 Å². The van der Waals surface area contributed by atoms with Gasteiger partial charge in [-0.15, -0.1) is 34.2 Å². The van der Waals surface area contributed by atoms with Gasteiger partial charge in [0.25, 0.3) is 0 Å². The van der Waals surface area contributed by atoms with Crippen LogP contribution in [0.2, 0.25) is 0 Å². The van der Waals surface area contributed by atoms with Crippen LogP contribution < -0.4 is 10.6 Å². The van der Waals surface area contributed by atoms with Crippen molar-refractivity contribution in [3.63, 3.8) is 0 Å². The molecular formula is C21H33IN6S. The van der Waals surface area contributed by atoms with Crippen molar-refractivity contribution >= 4 is 41.7 Å². The molecule has 0 bridgehead atoms. The molecule has 29 heavy (non-hydrogen) atoms. The van der Waals surface area contributed by atoms with Gasteiger partial charge in [-0.3, -0.25) is 0 Å². The highest BCUT2D eigenvalue weighted by Crippen LogP contribution is 2.47. The second-order valence-corrected chi connectivity index (χ2v) is 8.66. The van der Waals surface area contributed by atoms with E-state index in [1.807, 2.05) is 30.3 Å². The molecule has 1 aromatic heterocycles. The van der Waals surface area contributed by atoms with Gasteiger partial charge in [-0.2, -0.15) is 11.8 Å². The Morgan fingerprint density at radius 2 is 1.97 bits per heavy atom. The Bertz CT molecular complexity index is 773. The summed E-state index contributed by atoms with van der Waals surface area (Å²) in [6.07, 6.45) is 6.95. The van der Waals surface area contributed by atoms with Gasteiger partial charge in [-0.25, -0.2) is 4.99 Å². The van der Waals surface area contributed by atoms with Gasteiger partial charge in [0.1, 0.15) is 12.4 Å². The predicted octanol–water partition coefficient (Wildman–Crippen LogP) is 3.55. The SMILES string of the molecule is CSCCCNC(=NCc1nnc(C)n1C)NCC1(Cc2ccccc2)CC1.I. The fraction of sp³-hybridized carbons (Fsp3) is 0.571. The molecule has 1 aliphatic rings. The molecule has 0 aliphatic heterocycles. The number of nitrogens with zero attached hydrogens (tertiary/aromatic N) is 4. The first kappa shape index (κ1) is 24.0. The largest absolute Gasteiger partial charge is 0.356 e. The molecule has 0 radical (unpaired) electrons. The van der Waals surface area contributed by atoms with Crippen LogP contribution in [-0.4, -0.2) is 45.8 Å². The van der Waals surface area contributed by atoms with Crippen LogP contribution in [-0.2, 0) is 20.0 Å². The van der Waals surface area contributed by atoms with Crippen molar-refractivity contribution in [2.75, 3.05) is 25.1 Å². The molecule has 2 N–H and O–H groups in total. The van der Waals surface area contributed by atoms with Crippen molar-refractivity contribution in [1.29, 1.82) is 0 Å². The van der Waals surface area contributed by atoms with Crippen LogP contribution in [0.5, 0.6) is 0 Å². The molecule has 0 saturated heterocycles. The molecule has 1 saturated carbocycles. The van der Waals surface area contributed by atoms with Crippen molar-refractivity contribution < 1.29 is 0 Å². The number of thioether (sulfide) groups is 1. The highest BCUT2D eigenvalue weighted by Gasteiger charge is 2.42. The smallest absolute Gasteiger partial charge is 0.191 e. The van der Waals surface area contributed by atoms with Gasteiger partial charge < -0.3 is 15.2 Å². The van der Waals surface area contributed by atoms with Crippen LogP contribution >= 0.6 is 35.7 Å². The minimum absolute atomic E-state index is 0. The minimum atomic E-state index is 0. The van der Waals surface area contributed by atoms with E-state index < -0.39 is 0 Å². The lowest BCUT2D eigenvalue weighted by atomic mass is 9.96. The van der Waals surface area contributed by atoms with E-state index in [0.29, 0.717) is 12.0 Å². The number of halogens is 1. The third kappa shape index (κ3) is 7.47. The Hall–Kier alpha value is -1.29. The first-order valence-corrected chi connectivity index (χ1v) is 11.4. The highest BCUT2D eigenvalue weighted by atomic mass is 127. The first-order chi connectivity index (χ1) is 13.6. The maximum Gasteiger partial charge on any atom is 0.191 e. The van der Waals surface area contributed by atoms with E-state index in [-0.39, 0.29) is 24.0 Å². The number of nitrogens with one attached hydrogen (secondary N) is 2. The number of aromatic nitrogens is 3. The van der Waals surface area contributed by atoms with Gasteiger partial charge in [-0.05, 0) is 55.6 Å². The van der Waals surface area contributed by atoms with Gasteiger partial charge in [0.2, 0.25) is 0 Å². The molecular weight excluding hydrogens is 495 g/mol. The third-order valence-electron chi connectivity index (χ3n) is 5.39. The van der Waals surface area contributed by atoms with Crippen LogP contribution in [0.15, 0.2) is 35.3 Å². The quantitative estimate of drug-likeness (QED) is 0.214. The van der Waals surface area contributed by atoms with E-state index >= 15 is 0 Å². The molecule has 8 heteroatoms. The summed E-state index contributed by atoms with van der Waals surface area (Å²) in [6, 6.07) is 10.8. The summed E-state index contributed by atoms with van der Waals surface area (Å²) in [4.78, 5) is 4.77. The highest BCUT2D eigenvalue weighted by molar-refractivity contribution is 14.0. The number of hydrogen-bond donors (Lipinski definition) is 2. The normalized spacial score (nSPS) is 14.9. The summed E-state index contributed by atoms with van der Waals surface area (Å²) in [5.41, 5.74) is 1.78. The van der Waals surface area contributed by atoms with Crippen molar-refractivity contribution in [3.05, 3.63) is 47.5 Å². The second-order valence-electron chi connectivity index (χ2n) is 7.68. The standard InChI is InChI=1S/C21H32N6S.HI/c1-17-25-26-19(27(17)2)15-23-20(22-12-7-13-28-3)24-16-21(10-11-21)14-18-8-5-4-6-9-18;/h4-6,8-9H,7,10-16H2,1-3H3,(H2,22,23,24);1H.